The van der Waals surface area contributed by atoms with Crippen molar-refractivity contribution < 1.29 is 9.21 Å². The SMILES string of the molecule is CS[C@@H](CNC(=O)c1ccco1)C(C)(C)C. The van der Waals surface area contributed by atoms with Crippen LogP contribution >= 0.6 is 11.8 Å². The first-order valence-electron chi connectivity index (χ1n) is 5.29. The van der Waals surface area contributed by atoms with Crippen molar-refractivity contribution in [3.05, 3.63) is 24.2 Å². The number of furan rings is 1. The number of carbonyl (C=O) groups excluding carboxylic acids is 1. The molecule has 16 heavy (non-hydrogen) atoms. The van der Waals surface area contributed by atoms with Crippen molar-refractivity contribution in [1.29, 1.82) is 0 Å². The van der Waals surface area contributed by atoms with E-state index >= 15 is 0 Å². The molecule has 0 unspecified atom stereocenters. The van der Waals surface area contributed by atoms with Gasteiger partial charge in [-0.05, 0) is 23.8 Å². The first-order valence-corrected chi connectivity index (χ1v) is 6.58. The van der Waals surface area contributed by atoms with Crippen LogP contribution in [0.2, 0.25) is 0 Å². The van der Waals surface area contributed by atoms with Gasteiger partial charge in [-0.2, -0.15) is 11.8 Å². The Morgan fingerprint density at radius 3 is 2.69 bits per heavy atom. The molecule has 0 radical (unpaired) electrons. The maximum atomic E-state index is 11.6. The summed E-state index contributed by atoms with van der Waals surface area (Å²) in [6.45, 7) is 7.18. The molecule has 3 nitrogen and oxygen atoms in total. The predicted molar refractivity (Wildman–Crippen MR) is 67.8 cm³/mol. The molecule has 0 aliphatic heterocycles. The minimum absolute atomic E-state index is 0.145. The third-order valence-corrected chi connectivity index (χ3v) is 3.89. The Kier molecular flexibility index (Phi) is 4.47. The molecule has 90 valence electrons. The molecule has 0 spiro atoms. The summed E-state index contributed by atoms with van der Waals surface area (Å²) in [5.41, 5.74) is 0.176. The van der Waals surface area contributed by atoms with Gasteiger partial charge in [0.2, 0.25) is 0 Å². The van der Waals surface area contributed by atoms with E-state index in [1.807, 2.05) is 0 Å². The van der Waals surface area contributed by atoms with Crippen molar-refractivity contribution in [2.24, 2.45) is 5.41 Å². The van der Waals surface area contributed by atoms with Crippen LogP contribution in [0.5, 0.6) is 0 Å². The first kappa shape index (κ1) is 13.2. The zero-order valence-corrected chi connectivity index (χ0v) is 11.1. The lowest BCUT2D eigenvalue weighted by Crippen LogP contribution is -2.37. The summed E-state index contributed by atoms with van der Waals surface area (Å²) < 4.78 is 5.03. The van der Waals surface area contributed by atoms with E-state index in [1.54, 1.807) is 23.9 Å². The monoisotopic (exact) mass is 241 g/mol. The van der Waals surface area contributed by atoms with Crippen molar-refractivity contribution in [2.75, 3.05) is 12.8 Å². The molecule has 4 heteroatoms. The third kappa shape index (κ3) is 3.59. The Labute approximate surface area is 101 Å². The van der Waals surface area contributed by atoms with Crippen LogP contribution in [-0.4, -0.2) is 24.0 Å². The van der Waals surface area contributed by atoms with E-state index in [0.29, 0.717) is 17.6 Å². The van der Waals surface area contributed by atoms with Gasteiger partial charge in [0.05, 0.1) is 6.26 Å². The summed E-state index contributed by atoms with van der Waals surface area (Å²) in [7, 11) is 0. The summed E-state index contributed by atoms with van der Waals surface area (Å²) in [4.78, 5) is 11.6. The molecular formula is C12H19NO2S. The lowest BCUT2D eigenvalue weighted by Gasteiger charge is -2.29. The van der Waals surface area contributed by atoms with Crippen molar-refractivity contribution in [1.82, 2.24) is 5.32 Å². The van der Waals surface area contributed by atoms with E-state index in [9.17, 15) is 4.79 Å². The molecule has 1 amide bonds. The van der Waals surface area contributed by atoms with Gasteiger partial charge in [0.25, 0.3) is 5.91 Å². The largest absolute Gasteiger partial charge is 0.459 e. The third-order valence-electron chi connectivity index (χ3n) is 2.44. The smallest absolute Gasteiger partial charge is 0.287 e. The van der Waals surface area contributed by atoms with Gasteiger partial charge in [0.1, 0.15) is 0 Å². The van der Waals surface area contributed by atoms with Crippen LogP contribution < -0.4 is 5.32 Å². The van der Waals surface area contributed by atoms with Crippen molar-refractivity contribution in [2.45, 2.75) is 26.0 Å². The minimum atomic E-state index is -0.145. The molecular weight excluding hydrogens is 222 g/mol. The number of amides is 1. The van der Waals surface area contributed by atoms with Gasteiger partial charge in [0, 0.05) is 11.8 Å². The summed E-state index contributed by atoms with van der Waals surface area (Å²) in [6.07, 6.45) is 3.57. The highest BCUT2D eigenvalue weighted by Gasteiger charge is 2.24. The van der Waals surface area contributed by atoms with Crippen LogP contribution in [-0.2, 0) is 0 Å². The quantitative estimate of drug-likeness (QED) is 0.881. The molecule has 0 aromatic carbocycles. The summed E-state index contributed by atoms with van der Waals surface area (Å²) in [6, 6.07) is 3.38. The molecule has 1 aromatic heterocycles. The van der Waals surface area contributed by atoms with E-state index in [0.717, 1.165) is 0 Å². The lowest BCUT2D eigenvalue weighted by molar-refractivity contribution is 0.0923. The number of rotatable bonds is 4. The molecule has 0 bridgehead atoms. The Bertz CT molecular complexity index is 327. The molecule has 0 aliphatic carbocycles. The fourth-order valence-electron chi connectivity index (χ4n) is 1.42. The number of carbonyl (C=O) groups is 1. The van der Waals surface area contributed by atoms with Gasteiger partial charge >= 0.3 is 0 Å². The molecule has 1 aromatic rings. The molecule has 0 aliphatic rings. The zero-order chi connectivity index (χ0) is 12.2. The zero-order valence-electron chi connectivity index (χ0n) is 10.2. The van der Waals surface area contributed by atoms with E-state index in [-0.39, 0.29) is 11.3 Å². The fourth-order valence-corrected chi connectivity index (χ4v) is 2.38. The van der Waals surface area contributed by atoms with Gasteiger partial charge < -0.3 is 9.73 Å². The van der Waals surface area contributed by atoms with Crippen LogP contribution in [0, 0.1) is 5.41 Å². The average Bonchev–Trinajstić information content (AvgIpc) is 2.68. The van der Waals surface area contributed by atoms with Crippen molar-refractivity contribution >= 4 is 17.7 Å². The highest BCUT2D eigenvalue weighted by molar-refractivity contribution is 7.99. The highest BCUT2D eigenvalue weighted by Crippen LogP contribution is 2.28. The Balaban J connectivity index is 2.48. The molecule has 1 heterocycles. The molecule has 0 saturated carbocycles. The van der Waals surface area contributed by atoms with Crippen molar-refractivity contribution in [3.8, 4) is 0 Å². The molecule has 1 atom stereocenters. The van der Waals surface area contributed by atoms with Gasteiger partial charge in [-0.3, -0.25) is 4.79 Å². The molecule has 1 N–H and O–H groups in total. The van der Waals surface area contributed by atoms with Gasteiger partial charge in [-0.1, -0.05) is 20.8 Å². The van der Waals surface area contributed by atoms with Crippen LogP contribution in [0.1, 0.15) is 31.3 Å². The number of hydrogen-bond donors (Lipinski definition) is 1. The molecule has 0 fully saturated rings. The second-order valence-corrected chi connectivity index (χ2v) is 5.82. The topological polar surface area (TPSA) is 42.2 Å². The van der Waals surface area contributed by atoms with Crippen LogP contribution in [0.25, 0.3) is 0 Å². The first-order chi connectivity index (χ1) is 7.45. The van der Waals surface area contributed by atoms with E-state index in [4.69, 9.17) is 4.42 Å². The average molecular weight is 241 g/mol. The summed E-state index contributed by atoms with van der Waals surface area (Å²) >= 11 is 1.77. The van der Waals surface area contributed by atoms with E-state index in [2.05, 4.69) is 32.3 Å². The highest BCUT2D eigenvalue weighted by atomic mass is 32.2. The summed E-state index contributed by atoms with van der Waals surface area (Å²) in [5, 5.41) is 3.28. The molecule has 1 rings (SSSR count). The predicted octanol–water partition coefficient (Wildman–Crippen LogP) is 2.79. The van der Waals surface area contributed by atoms with Gasteiger partial charge in [0.15, 0.2) is 5.76 Å². The Morgan fingerprint density at radius 2 is 2.25 bits per heavy atom. The lowest BCUT2D eigenvalue weighted by atomic mass is 9.91. The van der Waals surface area contributed by atoms with Gasteiger partial charge in [-0.15, -0.1) is 0 Å². The van der Waals surface area contributed by atoms with E-state index in [1.165, 1.54) is 6.26 Å². The normalized spacial score (nSPS) is 13.5. The Morgan fingerprint density at radius 1 is 1.56 bits per heavy atom. The fraction of sp³-hybridized carbons (Fsp3) is 0.583. The van der Waals surface area contributed by atoms with Crippen LogP contribution in [0.15, 0.2) is 22.8 Å². The van der Waals surface area contributed by atoms with Crippen LogP contribution in [0.4, 0.5) is 0 Å². The van der Waals surface area contributed by atoms with E-state index < -0.39 is 0 Å². The van der Waals surface area contributed by atoms with Gasteiger partial charge in [-0.25, -0.2) is 0 Å². The maximum Gasteiger partial charge on any atom is 0.287 e. The number of hydrogen-bond acceptors (Lipinski definition) is 3. The second-order valence-electron chi connectivity index (χ2n) is 4.78. The maximum absolute atomic E-state index is 11.6. The number of thioether (sulfide) groups is 1. The molecule has 0 saturated heterocycles. The minimum Gasteiger partial charge on any atom is -0.459 e. The standard InChI is InChI=1S/C12H19NO2S/c1-12(2,3)10(16-4)8-13-11(14)9-6-5-7-15-9/h5-7,10H,8H2,1-4H3,(H,13,14)/t10-/m0/s1. The summed E-state index contributed by atoms with van der Waals surface area (Å²) in [5.74, 6) is 0.224. The van der Waals surface area contributed by atoms with Crippen molar-refractivity contribution in [3.63, 3.8) is 0 Å². The number of nitrogens with one attached hydrogen (secondary N) is 1. The Hall–Kier alpha value is -0.900. The van der Waals surface area contributed by atoms with Crippen LogP contribution in [0.3, 0.4) is 0 Å². The second kappa shape index (κ2) is 5.43.